The van der Waals surface area contributed by atoms with Crippen LogP contribution in [-0.2, 0) is 14.3 Å². The highest BCUT2D eigenvalue weighted by atomic mass is 16.5. The third-order valence-electron chi connectivity index (χ3n) is 4.70. The lowest BCUT2D eigenvalue weighted by Gasteiger charge is -2.30. The number of fused-ring (bicyclic) bond motifs is 1. The molecule has 2 aliphatic heterocycles. The second kappa shape index (κ2) is 7.24. The first-order chi connectivity index (χ1) is 13.1. The van der Waals surface area contributed by atoms with E-state index in [0.717, 1.165) is 0 Å². The summed E-state index contributed by atoms with van der Waals surface area (Å²) in [5, 5.41) is 27.0. The van der Waals surface area contributed by atoms with Gasteiger partial charge in [0, 0.05) is 5.92 Å². The highest BCUT2D eigenvalue weighted by Gasteiger charge is 2.41. The monoisotopic (exact) mass is 393 g/mol. The number of amides is 2. The molecular formula is C17H23N5O6. The van der Waals surface area contributed by atoms with E-state index in [-0.39, 0.29) is 23.9 Å². The minimum Gasteiger partial charge on any atom is -0.481 e. The van der Waals surface area contributed by atoms with Crippen LogP contribution in [0.15, 0.2) is 18.0 Å². The third kappa shape index (κ3) is 3.58. The zero-order valence-electron chi connectivity index (χ0n) is 15.7. The molecule has 1 unspecified atom stereocenters. The van der Waals surface area contributed by atoms with Crippen LogP contribution in [0, 0.1) is 5.92 Å². The molecule has 152 valence electrons. The van der Waals surface area contributed by atoms with Crippen LogP contribution < -0.4 is 16.0 Å². The molecule has 3 heterocycles. The van der Waals surface area contributed by atoms with E-state index in [0.29, 0.717) is 11.4 Å². The van der Waals surface area contributed by atoms with Crippen LogP contribution in [0.4, 0.5) is 5.82 Å². The van der Waals surface area contributed by atoms with Gasteiger partial charge in [0.1, 0.15) is 11.4 Å². The summed E-state index contributed by atoms with van der Waals surface area (Å²) in [7, 11) is 0. The summed E-state index contributed by atoms with van der Waals surface area (Å²) in [5.74, 6) is -1.72. The van der Waals surface area contributed by atoms with E-state index in [1.54, 1.807) is 26.8 Å². The maximum Gasteiger partial charge on any atom is 0.307 e. The minimum absolute atomic E-state index is 0.115. The topological polar surface area (TPSA) is 155 Å². The number of imidazole rings is 1. The Morgan fingerprint density at radius 1 is 1.43 bits per heavy atom. The number of aliphatic hydroxyl groups excluding tert-OH is 1. The Hall–Kier alpha value is -2.92. The predicted octanol–water partition coefficient (Wildman–Crippen LogP) is -0.225. The highest BCUT2D eigenvalue weighted by molar-refractivity contribution is 5.99. The lowest BCUT2D eigenvalue weighted by atomic mass is 9.95. The summed E-state index contributed by atoms with van der Waals surface area (Å²) in [4.78, 5) is 39.5. The molecule has 0 radical (unpaired) electrons. The molecule has 11 heteroatoms. The molecule has 0 saturated carbocycles. The summed E-state index contributed by atoms with van der Waals surface area (Å²) in [6, 6.07) is 0. The molecular weight excluding hydrogens is 370 g/mol. The van der Waals surface area contributed by atoms with Crippen molar-refractivity contribution in [2.45, 2.75) is 45.3 Å². The molecule has 0 fully saturated rings. The average Bonchev–Trinajstić information content (AvgIpc) is 3.17. The first-order valence-electron chi connectivity index (χ1n) is 8.81. The fourth-order valence-electron chi connectivity index (χ4n) is 3.03. The van der Waals surface area contributed by atoms with Crippen molar-refractivity contribution in [3.05, 3.63) is 23.7 Å². The maximum absolute atomic E-state index is 12.3. The van der Waals surface area contributed by atoms with Gasteiger partial charge in [-0.05, 0) is 18.6 Å². The number of carboxylic acid groups (broad SMARTS) is 1. The lowest BCUT2D eigenvalue weighted by Crippen LogP contribution is -2.56. The summed E-state index contributed by atoms with van der Waals surface area (Å²) in [6.45, 7) is 4.65. The normalized spacial score (nSPS) is 26.3. The fraction of sp³-hybridized carbons (Fsp3) is 0.529. The smallest absolute Gasteiger partial charge is 0.307 e. The number of carbonyl (C=O) groups excluding carboxylic acids is 2. The van der Waals surface area contributed by atoms with E-state index in [1.807, 2.05) is 0 Å². The van der Waals surface area contributed by atoms with Crippen LogP contribution in [0.2, 0.25) is 0 Å². The average molecular weight is 393 g/mol. The summed E-state index contributed by atoms with van der Waals surface area (Å²) in [5.41, 5.74) is -0.633. The fourth-order valence-corrected chi connectivity index (χ4v) is 3.03. The summed E-state index contributed by atoms with van der Waals surface area (Å²) in [6.07, 6.45) is 1.07. The zero-order chi connectivity index (χ0) is 20.6. The Balaban J connectivity index is 1.88. The van der Waals surface area contributed by atoms with E-state index < -0.39 is 36.6 Å². The second-order valence-electron chi connectivity index (χ2n) is 7.22. The van der Waals surface area contributed by atoms with Crippen molar-refractivity contribution in [1.82, 2.24) is 20.2 Å². The number of hydrogen-bond donors (Lipinski definition) is 5. The molecule has 1 aromatic heterocycles. The van der Waals surface area contributed by atoms with Gasteiger partial charge in [0.2, 0.25) is 5.91 Å². The van der Waals surface area contributed by atoms with Gasteiger partial charge in [0.05, 0.1) is 19.4 Å². The highest BCUT2D eigenvalue weighted by Crippen LogP contribution is 2.39. The number of carbonyl (C=O) groups is 3. The molecule has 0 aliphatic carbocycles. The molecule has 3 rings (SSSR count). The molecule has 0 aromatic carbocycles. The van der Waals surface area contributed by atoms with Gasteiger partial charge in [-0.25, -0.2) is 4.98 Å². The van der Waals surface area contributed by atoms with E-state index in [1.165, 1.54) is 10.9 Å². The number of rotatable bonds is 6. The second-order valence-corrected chi connectivity index (χ2v) is 7.22. The standard InChI is InChI=1S/C17H23N5O6/c1-8(2)14(26)20-16-19-13-12(15(27)21-16)18-7-22(13)10-4-9(5-11(24)25)17(3,6-23)28-10/h4,7-8,10,16,19,23H,5-6H2,1-3H3,(H,20,26)(H,21,27)(H,24,25)/t10-,16?,17-/m1/s1. The molecule has 11 nitrogen and oxygen atoms in total. The molecule has 3 atom stereocenters. The first-order valence-corrected chi connectivity index (χ1v) is 8.81. The Kier molecular flexibility index (Phi) is 5.13. The molecule has 0 spiro atoms. The van der Waals surface area contributed by atoms with Crippen LogP contribution >= 0.6 is 0 Å². The van der Waals surface area contributed by atoms with Crippen molar-refractivity contribution in [2.24, 2.45) is 5.92 Å². The maximum atomic E-state index is 12.3. The van der Waals surface area contributed by atoms with Gasteiger partial charge in [-0.3, -0.25) is 19.0 Å². The lowest BCUT2D eigenvalue weighted by molar-refractivity contribution is -0.137. The third-order valence-corrected chi connectivity index (χ3v) is 4.70. The Labute approximate surface area is 160 Å². The number of ether oxygens (including phenoxy) is 1. The van der Waals surface area contributed by atoms with Gasteiger partial charge in [0.25, 0.3) is 5.91 Å². The number of anilines is 1. The van der Waals surface area contributed by atoms with E-state index in [9.17, 15) is 19.5 Å². The molecule has 1 aromatic rings. The van der Waals surface area contributed by atoms with E-state index >= 15 is 0 Å². The van der Waals surface area contributed by atoms with Gasteiger partial charge in [0.15, 0.2) is 18.2 Å². The molecule has 0 bridgehead atoms. The number of aliphatic hydroxyl groups is 1. The van der Waals surface area contributed by atoms with Gasteiger partial charge in [-0.1, -0.05) is 13.8 Å². The molecule has 28 heavy (non-hydrogen) atoms. The largest absolute Gasteiger partial charge is 0.481 e. The van der Waals surface area contributed by atoms with Crippen LogP contribution in [0.25, 0.3) is 0 Å². The summed E-state index contributed by atoms with van der Waals surface area (Å²) < 4.78 is 7.39. The van der Waals surface area contributed by atoms with Gasteiger partial charge < -0.3 is 30.9 Å². The quantitative estimate of drug-likeness (QED) is 0.415. The van der Waals surface area contributed by atoms with Crippen molar-refractivity contribution in [1.29, 1.82) is 0 Å². The van der Waals surface area contributed by atoms with Gasteiger partial charge >= 0.3 is 5.97 Å². The number of aromatic nitrogens is 2. The van der Waals surface area contributed by atoms with Crippen molar-refractivity contribution in [3.8, 4) is 0 Å². The van der Waals surface area contributed by atoms with Crippen LogP contribution in [0.1, 0.15) is 43.9 Å². The number of nitrogens with one attached hydrogen (secondary N) is 3. The predicted molar refractivity (Wildman–Crippen MR) is 96.0 cm³/mol. The molecule has 2 amide bonds. The van der Waals surface area contributed by atoms with E-state index in [2.05, 4.69) is 20.9 Å². The number of nitrogens with zero attached hydrogens (tertiary/aromatic N) is 2. The Bertz CT molecular complexity index is 847. The first kappa shape index (κ1) is 19.8. The Morgan fingerprint density at radius 2 is 2.14 bits per heavy atom. The van der Waals surface area contributed by atoms with Crippen molar-refractivity contribution >= 4 is 23.6 Å². The van der Waals surface area contributed by atoms with Crippen LogP contribution in [0.3, 0.4) is 0 Å². The number of carboxylic acids is 1. The molecule has 2 aliphatic rings. The van der Waals surface area contributed by atoms with E-state index in [4.69, 9.17) is 9.84 Å². The molecule has 5 N–H and O–H groups in total. The van der Waals surface area contributed by atoms with Crippen molar-refractivity contribution < 1.29 is 29.3 Å². The number of hydrogen-bond acceptors (Lipinski definition) is 7. The zero-order valence-corrected chi connectivity index (χ0v) is 15.7. The SMILES string of the molecule is CC(C)C(=O)NC1NC(=O)c2ncn([C@H]3C=C(CC(=O)O)[C@@](C)(CO)O3)c2N1. The summed E-state index contributed by atoms with van der Waals surface area (Å²) >= 11 is 0. The minimum atomic E-state index is -1.16. The van der Waals surface area contributed by atoms with Crippen LogP contribution in [-0.4, -0.2) is 56.0 Å². The molecule has 0 saturated heterocycles. The van der Waals surface area contributed by atoms with Gasteiger partial charge in [-0.15, -0.1) is 0 Å². The van der Waals surface area contributed by atoms with Gasteiger partial charge in [-0.2, -0.15) is 0 Å². The van der Waals surface area contributed by atoms with Crippen LogP contribution in [0.5, 0.6) is 0 Å². The van der Waals surface area contributed by atoms with Crippen molar-refractivity contribution in [2.75, 3.05) is 11.9 Å². The van der Waals surface area contributed by atoms with Crippen molar-refractivity contribution in [3.63, 3.8) is 0 Å². The number of aliphatic carboxylic acids is 1. The Morgan fingerprint density at radius 3 is 2.75 bits per heavy atom.